The van der Waals surface area contributed by atoms with E-state index in [0.717, 1.165) is 12.2 Å². The molecule has 0 aliphatic carbocycles. The van der Waals surface area contributed by atoms with Crippen LogP contribution in [0.5, 0.6) is 5.75 Å². The van der Waals surface area contributed by atoms with Crippen LogP contribution in [0.4, 0.5) is 0 Å². The van der Waals surface area contributed by atoms with Crippen molar-refractivity contribution in [2.45, 2.75) is 77.6 Å². The van der Waals surface area contributed by atoms with Crippen LogP contribution in [0.3, 0.4) is 0 Å². The maximum Gasteiger partial charge on any atom is 0.305 e. The zero-order valence-electron chi connectivity index (χ0n) is 16.6. The second-order valence-electron chi connectivity index (χ2n) is 6.83. The molecule has 5 heteroatoms. The molecule has 152 valence electrons. The van der Waals surface area contributed by atoms with E-state index in [0.29, 0.717) is 19.4 Å². The summed E-state index contributed by atoms with van der Waals surface area (Å²) in [5.41, 5.74) is 1.32. The predicted molar refractivity (Wildman–Crippen MR) is 106 cm³/mol. The second-order valence-corrected chi connectivity index (χ2v) is 6.83. The molecule has 0 atom stereocenters. The van der Waals surface area contributed by atoms with Crippen LogP contribution in [0.25, 0.3) is 0 Å². The first-order valence-corrected chi connectivity index (χ1v) is 10.2. The van der Waals surface area contributed by atoms with Crippen molar-refractivity contribution in [3.8, 4) is 5.75 Å². The highest BCUT2D eigenvalue weighted by atomic mass is 16.6. The number of carboxylic acids is 1. The number of carbonyl (C=O) groups excluding carboxylic acids is 1. The summed E-state index contributed by atoms with van der Waals surface area (Å²) in [5.74, 6) is -0.368. The number of unbranched alkanes of at least 4 members (excludes halogenated alkanes) is 6. The Morgan fingerprint density at radius 2 is 1.52 bits per heavy atom. The van der Waals surface area contributed by atoms with Crippen molar-refractivity contribution in [2.24, 2.45) is 0 Å². The first-order chi connectivity index (χ1) is 13.1. The minimum Gasteiger partial charge on any atom is -0.490 e. The number of benzene rings is 1. The molecule has 0 aromatic heterocycles. The van der Waals surface area contributed by atoms with Gasteiger partial charge in [0, 0.05) is 12.8 Å². The maximum absolute atomic E-state index is 11.5. The maximum atomic E-state index is 11.5. The number of rotatable bonds is 16. The van der Waals surface area contributed by atoms with Gasteiger partial charge in [-0.05, 0) is 43.4 Å². The van der Waals surface area contributed by atoms with Gasteiger partial charge in [-0.3, -0.25) is 9.59 Å². The third kappa shape index (κ3) is 12.9. The Kier molecular flexibility index (Phi) is 12.8. The molecule has 0 unspecified atom stereocenters. The highest BCUT2D eigenvalue weighted by Gasteiger charge is 2.04. The molecule has 0 spiro atoms. The standard InChI is InChI=1S/C22H34O5/c1-2-3-4-5-6-7-10-19-13-15-20(16-14-19)26-17-18-27-22(25)12-9-8-11-21(23)24/h13-16H,2-12,17-18H2,1H3,(H,23,24). The lowest BCUT2D eigenvalue weighted by Gasteiger charge is -2.08. The van der Waals surface area contributed by atoms with E-state index in [1.807, 2.05) is 12.1 Å². The van der Waals surface area contributed by atoms with Gasteiger partial charge >= 0.3 is 11.9 Å². The van der Waals surface area contributed by atoms with E-state index in [2.05, 4.69) is 19.1 Å². The van der Waals surface area contributed by atoms with Crippen molar-refractivity contribution in [1.82, 2.24) is 0 Å². The summed E-state index contributed by atoms with van der Waals surface area (Å²) in [6, 6.07) is 8.10. The van der Waals surface area contributed by atoms with Crippen molar-refractivity contribution in [1.29, 1.82) is 0 Å². The number of hydrogen-bond acceptors (Lipinski definition) is 4. The van der Waals surface area contributed by atoms with E-state index < -0.39 is 5.97 Å². The first-order valence-electron chi connectivity index (χ1n) is 10.2. The van der Waals surface area contributed by atoms with E-state index in [-0.39, 0.29) is 25.4 Å². The number of carboxylic acid groups (broad SMARTS) is 1. The molecule has 0 aliphatic heterocycles. The van der Waals surface area contributed by atoms with Crippen molar-refractivity contribution >= 4 is 11.9 Å². The van der Waals surface area contributed by atoms with E-state index >= 15 is 0 Å². The molecule has 0 saturated carbocycles. The Balaban J connectivity index is 2.07. The summed E-state index contributed by atoms with van der Waals surface area (Å²) < 4.78 is 10.7. The lowest BCUT2D eigenvalue weighted by Crippen LogP contribution is -2.12. The Labute approximate surface area is 163 Å². The van der Waals surface area contributed by atoms with Gasteiger partial charge < -0.3 is 14.6 Å². The van der Waals surface area contributed by atoms with E-state index in [9.17, 15) is 9.59 Å². The average Bonchev–Trinajstić information content (AvgIpc) is 2.66. The van der Waals surface area contributed by atoms with Gasteiger partial charge in [-0.25, -0.2) is 0 Å². The van der Waals surface area contributed by atoms with Crippen molar-refractivity contribution < 1.29 is 24.2 Å². The molecule has 0 radical (unpaired) electrons. The zero-order valence-corrected chi connectivity index (χ0v) is 16.6. The van der Waals surface area contributed by atoms with Gasteiger partial charge in [-0.2, -0.15) is 0 Å². The average molecular weight is 379 g/mol. The van der Waals surface area contributed by atoms with Crippen LogP contribution >= 0.6 is 0 Å². The fourth-order valence-electron chi connectivity index (χ4n) is 2.79. The Morgan fingerprint density at radius 1 is 0.852 bits per heavy atom. The number of ether oxygens (including phenoxy) is 2. The molecule has 1 aromatic rings. The lowest BCUT2D eigenvalue weighted by atomic mass is 10.0. The van der Waals surface area contributed by atoms with Gasteiger partial charge in [0.05, 0.1) is 0 Å². The van der Waals surface area contributed by atoms with Gasteiger partial charge in [0.15, 0.2) is 0 Å². The highest BCUT2D eigenvalue weighted by Crippen LogP contribution is 2.15. The van der Waals surface area contributed by atoms with Gasteiger partial charge in [0.1, 0.15) is 19.0 Å². The molecule has 0 heterocycles. The molecule has 1 N–H and O–H groups in total. The quantitative estimate of drug-likeness (QED) is 0.318. The molecule has 0 bridgehead atoms. The third-order valence-corrected chi connectivity index (χ3v) is 4.38. The monoisotopic (exact) mass is 378 g/mol. The lowest BCUT2D eigenvalue weighted by molar-refractivity contribution is -0.145. The SMILES string of the molecule is CCCCCCCCc1ccc(OCCOC(=O)CCCCC(=O)O)cc1. The van der Waals surface area contributed by atoms with Crippen LogP contribution in [0.2, 0.25) is 0 Å². The topological polar surface area (TPSA) is 72.8 Å². The molecule has 1 aromatic carbocycles. The highest BCUT2D eigenvalue weighted by molar-refractivity contribution is 5.69. The van der Waals surface area contributed by atoms with Gasteiger partial charge in [-0.15, -0.1) is 0 Å². The zero-order chi connectivity index (χ0) is 19.7. The fourth-order valence-corrected chi connectivity index (χ4v) is 2.79. The number of aryl methyl sites for hydroxylation is 1. The number of aliphatic carboxylic acids is 1. The normalized spacial score (nSPS) is 10.6. The van der Waals surface area contributed by atoms with Gasteiger partial charge in [-0.1, -0.05) is 51.2 Å². The van der Waals surface area contributed by atoms with Gasteiger partial charge in [0.25, 0.3) is 0 Å². The largest absolute Gasteiger partial charge is 0.490 e. The van der Waals surface area contributed by atoms with Gasteiger partial charge in [0.2, 0.25) is 0 Å². The smallest absolute Gasteiger partial charge is 0.305 e. The number of hydrogen-bond donors (Lipinski definition) is 1. The summed E-state index contributed by atoms with van der Waals surface area (Å²) in [6.45, 7) is 2.76. The van der Waals surface area contributed by atoms with Crippen molar-refractivity contribution in [3.63, 3.8) is 0 Å². The minimum atomic E-state index is -0.838. The summed E-state index contributed by atoms with van der Waals surface area (Å²) in [6.07, 6.45) is 10.3. The molecular weight excluding hydrogens is 344 g/mol. The van der Waals surface area contributed by atoms with Crippen LogP contribution in [0.1, 0.15) is 76.7 Å². The van der Waals surface area contributed by atoms with E-state index in [1.54, 1.807) is 0 Å². The van der Waals surface area contributed by atoms with E-state index in [4.69, 9.17) is 14.6 Å². The molecule has 0 fully saturated rings. The molecular formula is C22H34O5. The molecule has 27 heavy (non-hydrogen) atoms. The van der Waals surface area contributed by atoms with Crippen LogP contribution in [-0.2, 0) is 20.7 Å². The molecule has 1 rings (SSSR count). The van der Waals surface area contributed by atoms with Crippen LogP contribution in [0.15, 0.2) is 24.3 Å². The van der Waals surface area contributed by atoms with Crippen molar-refractivity contribution in [3.05, 3.63) is 29.8 Å². The first kappa shape index (κ1) is 23.0. The third-order valence-electron chi connectivity index (χ3n) is 4.38. The van der Waals surface area contributed by atoms with Crippen LogP contribution < -0.4 is 4.74 Å². The summed E-state index contributed by atoms with van der Waals surface area (Å²) in [7, 11) is 0. The molecule has 0 aliphatic rings. The van der Waals surface area contributed by atoms with Crippen molar-refractivity contribution in [2.75, 3.05) is 13.2 Å². The fraction of sp³-hybridized carbons (Fsp3) is 0.636. The summed E-state index contributed by atoms with van der Waals surface area (Å²) >= 11 is 0. The van der Waals surface area contributed by atoms with Crippen LogP contribution in [-0.4, -0.2) is 30.3 Å². The molecule has 0 amide bonds. The summed E-state index contributed by atoms with van der Waals surface area (Å²) in [5, 5.41) is 8.53. The molecule has 5 nitrogen and oxygen atoms in total. The Hall–Kier alpha value is -2.04. The summed E-state index contributed by atoms with van der Waals surface area (Å²) in [4.78, 5) is 21.9. The Morgan fingerprint density at radius 3 is 2.22 bits per heavy atom. The second kappa shape index (κ2) is 15.1. The predicted octanol–water partition coefficient (Wildman–Crippen LogP) is 5.16. The minimum absolute atomic E-state index is 0.0885. The van der Waals surface area contributed by atoms with Crippen LogP contribution in [0, 0.1) is 0 Å². The molecule has 0 saturated heterocycles. The number of carbonyl (C=O) groups is 2. The van der Waals surface area contributed by atoms with E-state index in [1.165, 1.54) is 44.1 Å². The Bertz CT molecular complexity index is 524. The number of esters is 1.